The van der Waals surface area contributed by atoms with Crippen molar-refractivity contribution in [2.75, 3.05) is 0 Å². The number of hydrogen-bond acceptors (Lipinski definition) is 0. The van der Waals surface area contributed by atoms with Gasteiger partial charge in [-0.05, 0) is 108 Å². The monoisotopic (exact) mass is 726 g/mol. The van der Waals surface area contributed by atoms with Crippen LogP contribution in [0.3, 0.4) is 0 Å². The summed E-state index contributed by atoms with van der Waals surface area (Å²) in [6, 6.07) is 79.6. The maximum Gasteiger partial charge on any atom is -0.00871 e. The van der Waals surface area contributed by atoms with E-state index < -0.39 is 13.8 Å². The van der Waals surface area contributed by atoms with Gasteiger partial charge in [0.05, 0.1) is 0 Å². The van der Waals surface area contributed by atoms with E-state index in [1.165, 1.54) is 75.6 Å². The highest BCUT2D eigenvalue weighted by atomic mass is 31.2. The quantitative estimate of drug-likeness (QED) is 0.137. The van der Waals surface area contributed by atoms with Gasteiger partial charge in [-0.1, -0.05) is 213 Å². The minimum Gasteiger partial charge on any atom is -0.0887 e. The third-order valence-electron chi connectivity index (χ3n) is 10.9. The van der Waals surface area contributed by atoms with Crippen LogP contribution in [0, 0.1) is 0 Å². The van der Waals surface area contributed by atoms with Crippen molar-refractivity contribution in [3.05, 3.63) is 218 Å². The third kappa shape index (κ3) is 5.90. The topological polar surface area (TPSA) is 0 Å². The molecule has 0 bridgehead atoms. The summed E-state index contributed by atoms with van der Waals surface area (Å²) in [6.07, 6.45) is 10.0. The van der Waals surface area contributed by atoms with Gasteiger partial charge in [0.25, 0.3) is 0 Å². The molecule has 9 rings (SSSR count). The van der Waals surface area contributed by atoms with E-state index in [1.54, 1.807) is 0 Å². The molecule has 0 aliphatic heterocycles. The Kier molecular flexibility index (Phi) is 8.89. The van der Waals surface area contributed by atoms with Crippen molar-refractivity contribution in [2.24, 2.45) is 0 Å². The average molecular weight is 727 g/mol. The van der Waals surface area contributed by atoms with Gasteiger partial charge in [-0.15, -0.1) is 0 Å². The molecule has 0 saturated heterocycles. The first kappa shape index (κ1) is 33.9. The van der Waals surface area contributed by atoms with E-state index in [-0.39, 0.29) is 0 Å². The maximum atomic E-state index is 5.07. The average Bonchev–Trinajstić information content (AvgIpc) is 3.26. The summed E-state index contributed by atoms with van der Waals surface area (Å²) in [5.41, 5.74) is 4.84. The standard InChI is InChI=1S/C52H40P2/c1-53(44-20-7-3-8-21-44,45-22-9-4-10-23-45)48-35-34-41-36-40(32-33-42(41)38-48)39-18-15-19-43(37-39)49-28-16-30-51-50(49)29-17-31-52(51)54(2,46-24-11-5-12-25-46)47-26-13-6-14-27-47/h3-38H,1-2H2. The number of hydrogen-bond donors (Lipinski definition) is 0. The smallest absolute Gasteiger partial charge is 0.00871 e. The molecule has 0 fully saturated rings. The first-order valence-electron chi connectivity index (χ1n) is 18.4. The van der Waals surface area contributed by atoms with Crippen molar-refractivity contribution in [3.63, 3.8) is 0 Å². The molecule has 258 valence electrons. The van der Waals surface area contributed by atoms with Gasteiger partial charge >= 0.3 is 0 Å². The molecule has 0 nitrogen and oxygen atoms in total. The van der Waals surface area contributed by atoms with E-state index in [4.69, 9.17) is 12.6 Å². The zero-order valence-corrected chi connectivity index (χ0v) is 31.9. The van der Waals surface area contributed by atoms with Gasteiger partial charge < -0.3 is 0 Å². The molecule has 0 atom stereocenters. The Labute approximate surface area is 319 Å². The lowest BCUT2D eigenvalue weighted by molar-refractivity contribution is 1.62. The van der Waals surface area contributed by atoms with E-state index in [0.29, 0.717) is 0 Å². The fourth-order valence-electron chi connectivity index (χ4n) is 8.00. The van der Waals surface area contributed by atoms with Crippen molar-refractivity contribution in [1.29, 1.82) is 0 Å². The minimum absolute atomic E-state index is 1.20. The summed E-state index contributed by atoms with van der Waals surface area (Å²) in [6.45, 7) is -4.23. The van der Waals surface area contributed by atoms with Crippen LogP contribution >= 0.6 is 13.8 Å². The molecular weight excluding hydrogens is 687 g/mol. The Morgan fingerprint density at radius 3 is 1.35 bits per heavy atom. The van der Waals surface area contributed by atoms with Gasteiger partial charge in [0.1, 0.15) is 0 Å². The Balaban J connectivity index is 1.12. The van der Waals surface area contributed by atoms with Crippen LogP contribution in [0.1, 0.15) is 0 Å². The van der Waals surface area contributed by atoms with Gasteiger partial charge in [0.15, 0.2) is 0 Å². The predicted octanol–water partition coefficient (Wildman–Crippen LogP) is 10.8. The van der Waals surface area contributed by atoms with E-state index in [2.05, 4.69) is 218 Å². The molecule has 0 aliphatic rings. The first-order chi connectivity index (χ1) is 26.5. The maximum absolute atomic E-state index is 5.07. The second kappa shape index (κ2) is 14.2. The van der Waals surface area contributed by atoms with Gasteiger partial charge in [0.2, 0.25) is 0 Å². The molecule has 0 aromatic heterocycles. The normalized spacial score (nSPS) is 11.9. The molecule has 0 N–H and O–H groups in total. The van der Waals surface area contributed by atoms with Crippen LogP contribution in [-0.2, 0) is 0 Å². The zero-order chi connectivity index (χ0) is 36.5. The SMILES string of the molecule is C=P(c1ccccc1)(c1ccccc1)c1ccc2cc(-c3cccc(-c4cccc5c(P(=C)(c6ccccc6)c6ccccc6)cccc45)c3)ccc2c1. The van der Waals surface area contributed by atoms with Crippen LogP contribution in [-0.4, -0.2) is 12.6 Å². The molecule has 9 aromatic carbocycles. The van der Waals surface area contributed by atoms with Gasteiger partial charge in [-0.25, -0.2) is 0 Å². The van der Waals surface area contributed by atoms with Crippen LogP contribution in [0.25, 0.3) is 43.8 Å². The summed E-state index contributed by atoms with van der Waals surface area (Å²) >= 11 is 0. The molecule has 0 heterocycles. The van der Waals surface area contributed by atoms with Crippen molar-refractivity contribution in [1.82, 2.24) is 0 Å². The fourth-order valence-corrected chi connectivity index (χ4v) is 14.1. The summed E-state index contributed by atoms with van der Waals surface area (Å²) in [5.74, 6) is 0. The van der Waals surface area contributed by atoms with Gasteiger partial charge in [-0.2, -0.15) is 0 Å². The molecule has 0 unspecified atom stereocenters. The Bertz CT molecular complexity index is 2770. The molecular formula is C52H40P2. The van der Waals surface area contributed by atoms with Crippen LogP contribution < -0.4 is 31.8 Å². The predicted molar refractivity (Wildman–Crippen MR) is 244 cm³/mol. The summed E-state index contributed by atoms with van der Waals surface area (Å²) in [7, 11) is 0. The van der Waals surface area contributed by atoms with Crippen LogP contribution in [0.4, 0.5) is 0 Å². The van der Waals surface area contributed by atoms with Gasteiger partial charge in [0, 0.05) is 0 Å². The lowest BCUT2D eigenvalue weighted by Crippen LogP contribution is -2.25. The third-order valence-corrected chi connectivity index (χ3v) is 18.0. The highest BCUT2D eigenvalue weighted by molar-refractivity contribution is 7.94. The molecule has 0 amide bonds. The van der Waals surface area contributed by atoms with Crippen LogP contribution in [0.2, 0.25) is 0 Å². The fraction of sp³-hybridized carbons (Fsp3) is 0. The van der Waals surface area contributed by atoms with E-state index in [9.17, 15) is 0 Å². The second-order valence-electron chi connectivity index (χ2n) is 14.0. The van der Waals surface area contributed by atoms with E-state index >= 15 is 0 Å². The second-order valence-corrected chi connectivity index (χ2v) is 20.3. The largest absolute Gasteiger partial charge is 0.0887 e. The summed E-state index contributed by atoms with van der Waals surface area (Å²) in [5, 5.41) is 12.7. The Hall–Kier alpha value is -5.90. The first-order valence-corrected chi connectivity index (χ1v) is 22.4. The highest BCUT2D eigenvalue weighted by Gasteiger charge is 2.25. The molecule has 54 heavy (non-hydrogen) atoms. The van der Waals surface area contributed by atoms with Crippen molar-refractivity contribution in [3.8, 4) is 22.3 Å². The van der Waals surface area contributed by atoms with Gasteiger partial charge in [-0.3, -0.25) is 0 Å². The van der Waals surface area contributed by atoms with E-state index in [0.717, 1.165) is 0 Å². The van der Waals surface area contributed by atoms with Crippen LogP contribution in [0.5, 0.6) is 0 Å². The highest BCUT2D eigenvalue weighted by Crippen LogP contribution is 2.45. The number of benzene rings is 9. The van der Waals surface area contributed by atoms with E-state index in [1.807, 2.05) is 0 Å². The molecule has 0 spiro atoms. The minimum atomic E-state index is -2.17. The lowest BCUT2D eigenvalue weighted by Gasteiger charge is -2.28. The Morgan fingerprint density at radius 2 is 0.741 bits per heavy atom. The van der Waals surface area contributed by atoms with Crippen molar-refractivity contribution < 1.29 is 0 Å². The molecule has 0 radical (unpaired) electrons. The number of rotatable bonds is 8. The zero-order valence-electron chi connectivity index (χ0n) is 30.1. The van der Waals surface area contributed by atoms with Crippen LogP contribution in [0.15, 0.2) is 218 Å². The number of fused-ring (bicyclic) bond motifs is 2. The lowest BCUT2D eigenvalue weighted by atomic mass is 9.94. The molecule has 0 aliphatic carbocycles. The molecule has 9 aromatic rings. The summed E-state index contributed by atoms with van der Waals surface area (Å²) in [4.78, 5) is 0. The van der Waals surface area contributed by atoms with Crippen molar-refractivity contribution >= 4 is 79.7 Å². The molecule has 0 saturated carbocycles. The summed E-state index contributed by atoms with van der Waals surface area (Å²) < 4.78 is 0. The van der Waals surface area contributed by atoms with Crippen molar-refractivity contribution in [2.45, 2.75) is 0 Å². The Morgan fingerprint density at radius 1 is 0.278 bits per heavy atom. The molecule has 2 heteroatoms.